The molecule has 0 fully saturated rings. The number of hydrogen-bond donors (Lipinski definition) is 1. The fraction of sp³-hybridized carbons (Fsp3) is 0.486. The Labute approximate surface area is 258 Å². The number of rotatable bonds is 15. The van der Waals surface area contributed by atoms with Gasteiger partial charge in [-0.25, -0.2) is 5.43 Å². The average molecular weight is 588 g/mol. The van der Waals surface area contributed by atoms with E-state index in [-0.39, 0.29) is 5.91 Å². The molecule has 0 saturated heterocycles. The molecule has 0 radical (unpaired) electrons. The molecule has 3 aromatic rings. The molecular formula is C35H49N5O3. The molecule has 2 heterocycles. The molecule has 1 aliphatic rings. The molecule has 1 amide bonds. The first-order valence-electron chi connectivity index (χ1n) is 16.0. The van der Waals surface area contributed by atoms with Crippen molar-refractivity contribution in [2.24, 2.45) is 0 Å². The predicted octanol–water partition coefficient (Wildman–Crippen LogP) is 6.62. The lowest BCUT2D eigenvalue weighted by Crippen LogP contribution is -2.61. The zero-order valence-electron chi connectivity index (χ0n) is 27.1. The molecule has 1 aromatic heterocycles. The van der Waals surface area contributed by atoms with Crippen LogP contribution < -0.4 is 24.7 Å². The third-order valence-electron chi connectivity index (χ3n) is 8.27. The van der Waals surface area contributed by atoms with E-state index in [0.717, 1.165) is 73.0 Å². The smallest absolute Gasteiger partial charge is 0.269 e. The molecule has 4 rings (SSSR count). The second-order valence-corrected chi connectivity index (χ2v) is 10.6. The fourth-order valence-electron chi connectivity index (χ4n) is 6.08. The maximum Gasteiger partial charge on any atom is 0.269 e. The third-order valence-corrected chi connectivity index (χ3v) is 8.27. The van der Waals surface area contributed by atoms with Gasteiger partial charge in [-0.15, -0.1) is 0 Å². The van der Waals surface area contributed by atoms with Gasteiger partial charge >= 0.3 is 0 Å². The van der Waals surface area contributed by atoms with E-state index in [9.17, 15) is 4.79 Å². The van der Waals surface area contributed by atoms with Crippen molar-refractivity contribution in [3.63, 3.8) is 0 Å². The van der Waals surface area contributed by atoms with Crippen LogP contribution in [0.4, 0.5) is 11.4 Å². The molecule has 0 bridgehead atoms. The third kappa shape index (κ3) is 6.16. The lowest BCUT2D eigenvalue weighted by atomic mass is 9.76. The van der Waals surface area contributed by atoms with Crippen molar-refractivity contribution in [1.82, 2.24) is 15.4 Å². The second-order valence-electron chi connectivity index (χ2n) is 10.6. The number of amides is 1. The molecule has 232 valence electrons. The lowest BCUT2D eigenvalue weighted by molar-refractivity contribution is 0.0517. The summed E-state index contributed by atoms with van der Waals surface area (Å²) in [5, 5.41) is 1.76. The van der Waals surface area contributed by atoms with Gasteiger partial charge in [-0.3, -0.25) is 14.8 Å². The lowest BCUT2D eigenvalue weighted by Gasteiger charge is -2.45. The molecule has 1 aliphatic heterocycles. The Hall–Kier alpha value is -3.78. The van der Waals surface area contributed by atoms with Gasteiger partial charge < -0.3 is 19.3 Å². The summed E-state index contributed by atoms with van der Waals surface area (Å²) in [6.07, 6.45) is 3.59. The molecule has 0 saturated carbocycles. The molecule has 0 spiro atoms. The van der Waals surface area contributed by atoms with Gasteiger partial charge in [0, 0.05) is 73.6 Å². The molecule has 0 aliphatic carbocycles. The summed E-state index contributed by atoms with van der Waals surface area (Å²) >= 11 is 0. The van der Waals surface area contributed by atoms with Crippen LogP contribution in [-0.2, 0) is 5.54 Å². The van der Waals surface area contributed by atoms with Crippen LogP contribution in [-0.4, -0.2) is 61.8 Å². The van der Waals surface area contributed by atoms with Gasteiger partial charge in [-0.05, 0) is 72.2 Å². The number of ether oxygens (including phenoxy) is 2. The quantitative estimate of drug-likeness (QED) is 0.214. The Morgan fingerprint density at radius 3 is 1.79 bits per heavy atom. The Bertz CT molecular complexity index is 1300. The minimum atomic E-state index is -1.06. The molecule has 8 heteroatoms. The number of anilines is 2. The maximum absolute atomic E-state index is 13.9. The highest BCUT2D eigenvalue weighted by molar-refractivity contribution is 5.97. The normalized spacial score (nSPS) is 13.9. The molecule has 43 heavy (non-hydrogen) atoms. The summed E-state index contributed by atoms with van der Waals surface area (Å²) in [5.74, 6) is 1.41. The zero-order chi connectivity index (χ0) is 31.0. The zero-order valence-corrected chi connectivity index (χ0v) is 27.1. The predicted molar refractivity (Wildman–Crippen MR) is 176 cm³/mol. The van der Waals surface area contributed by atoms with Crippen molar-refractivity contribution in [2.75, 3.05) is 55.7 Å². The number of nitrogens with one attached hydrogen (secondary N) is 1. The number of aromatic nitrogens is 1. The van der Waals surface area contributed by atoms with E-state index < -0.39 is 5.54 Å². The van der Waals surface area contributed by atoms with Crippen molar-refractivity contribution >= 4 is 17.3 Å². The van der Waals surface area contributed by atoms with Crippen molar-refractivity contribution < 1.29 is 14.3 Å². The standard InChI is InChI=1S/C35H49N5O3/c1-8-15-23-40-34(41)28-17-16-22-36-33(28)35(37-40,29-20-18-26(38(9-2)10-3)24-31(29)42-13-6)30-21-19-27(39(11-4)12-5)25-32(30)43-14-7/h16-22,24-25,37H,8-15,23H2,1-7H3. The van der Waals surface area contributed by atoms with Crippen LogP contribution in [0.5, 0.6) is 11.5 Å². The van der Waals surface area contributed by atoms with Gasteiger partial charge in [-0.1, -0.05) is 25.5 Å². The second kappa shape index (κ2) is 14.6. The van der Waals surface area contributed by atoms with E-state index in [2.05, 4.69) is 86.2 Å². The summed E-state index contributed by atoms with van der Waals surface area (Å²) in [4.78, 5) is 23.4. The summed E-state index contributed by atoms with van der Waals surface area (Å²) in [5.41, 5.74) is 7.82. The fourth-order valence-corrected chi connectivity index (χ4v) is 6.08. The Morgan fingerprint density at radius 2 is 1.33 bits per heavy atom. The van der Waals surface area contributed by atoms with E-state index in [4.69, 9.17) is 14.5 Å². The Balaban J connectivity index is 2.11. The number of pyridine rings is 1. The SMILES string of the molecule is CCCCN1NC(c2ccc(N(CC)CC)cc2OCC)(c2ccc(N(CC)CC)cc2OCC)c2ncccc2C1=O. The van der Waals surface area contributed by atoms with Gasteiger partial charge in [0.1, 0.15) is 17.0 Å². The van der Waals surface area contributed by atoms with Crippen molar-refractivity contribution in [2.45, 2.75) is 66.8 Å². The van der Waals surface area contributed by atoms with Gasteiger partial charge in [0.05, 0.1) is 24.5 Å². The van der Waals surface area contributed by atoms with E-state index in [1.54, 1.807) is 11.2 Å². The van der Waals surface area contributed by atoms with E-state index in [1.807, 2.05) is 26.0 Å². The van der Waals surface area contributed by atoms with Crippen molar-refractivity contribution in [3.05, 3.63) is 77.1 Å². The van der Waals surface area contributed by atoms with Crippen LogP contribution in [0.15, 0.2) is 54.7 Å². The summed E-state index contributed by atoms with van der Waals surface area (Å²) in [6, 6.07) is 16.5. The van der Waals surface area contributed by atoms with Gasteiger partial charge in [0.15, 0.2) is 0 Å². The van der Waals surface area contributed by atoms with Crippen molar-refractivity contribution in [1.29, 1.82) is 0 Å². The van der Waals surface area contributed by atoms with Crippen LogP contribution >= 0.6 is 0 Å². The number of unbranched alkanes of at least 4 members (excludes halogenated alkanes) is 1. The van der Waals surface area contributed by atoms with E-state index in [1.165, 1.54) is 0 Å². The van der Waals surface area contributed by atoms with Gasteiger partial charge in [0.25, 0.3) is 5.91 Å². The van der Waals surface area contributed by atoms with E-state index in [0.29, 0.717) is 31.0 Å². The number of carbonyl (C=O) groups excluding carboxylic acids is 1. The first kappa shape index (κ1) is 32.1. The highest BCUT2D eigenvalue weighted by Crippen LogP contribution is 2.48. The summed E-state index contributed by atoms with van der Waals surface area (Å²) in [6.45, 7) is 19.9. The number of carbonyl (C=O) groups is 1. The topological polar surface area (TPSA) is 70.2 Å². The van der Waals surface area contributed by atoms with Gasteiger partial charge in [0.2, 0.25) is 0 Å². The first-order chi connectivity index (χ1) is 20.9. The highest BCUT2D eigenvalue weighted by Gasteiger charge is 2.50. The molecular weight excluding hydrogens is 538 g/mol. The first-order valence-corrected chi connectivity index (χ1v) is 16.0. The number of nitrogens with zero attached hydrogens (tertiary/aromatic N) is 4. The monoisotopic (exact) mass is 587 g/mol. The summed E-state index contributed by atoms with van der Waals surface area (Å²) < 4.78 is 12.8. The minimum absolute atomic E-state index is 0.0809. The van der Waals surface area contributed by atoms with Crippen LogP contribution in [0.25, 0.3) is 0 Å². The minimum Gasteiger partial charge on any atom is -0.493 e. The molecule has 0 atom stereocenters. The van der Waals surface area contributed by atoms with Crippen LogP contribution in [0, 0.1) is 0 Å². The molecule has 0 unspecified atom stereocenters. The molecule has 2 aromatic carbocycles. The number of hydrogen-bond acceptors (Lipinski definition) is 7. The van der Waals surface area contributed by atoms with Crippen molar-refractivity contribution in [3.8, 4) is 11.5 Å². The largest absolute Gasteiger partial charge is 0.493 e. The summed E-state index contributed by atoms with van der Waals surface area (Å²) in [7, 11) is 0. The molecule has 8 nitrogen and oxygen atoms in total. The van der Waals surface area contributed by atoms with Gasteiger partial charge in [-0.2, -0.15) is 0 Å². The Kier molecular flexibility index (Phi) is 10.9. The highest BCUT2D eigenvalue weighted by atomic mass is 16.5. The Morgan fingerprint density at radius 1 is 0.791 bits per heavy atom. The van der Waals surface area contributed by atoms with E-state index >= 15 is 0 Å². The van der Waals surface area contributed by atoms with Crippen LogP contribution in [0.2, 0.25) is 0 Å². The number of fused-ring (bicyclic) bond motifs is 1. The van der Waals surface area contributed by atoms with Crippen LogP contribution in [0.3, 0.4) is 0 Å². The number of hydrazine groups is 1. The molecule has 1 N–H and O–H groups in total. The average Bonchev–Trinajstić information content (AvgIpc) is 3.03. The maximum atomic E-state index is 13.9. The van der Waals surface area contributed by atoms with Crippen LogP contribution in [0.1, 0.15) is 88.5 Å². The number of benzene rings is 2.